The van der Waals surface area contributed by atoms with Crippen molar-refractivity contribution in [1.29, 1.82) is 0 Å². The summed E-state index contributed by atoms with van der Waals surface area (Å²) in [7, 11) is 0. The summed E-state index contributed by atoms with van der Waals surface area (Å²) in [4.78, 5) is 10.0. The van der Waals surface area contributed by atoms with Crippen LogP contribution in [0.15, 0.2) is 36.5 Å². The van der Waals surface area contributed by atoms with Crippen LogP contribution in [0, 0.1) is 10.1 Å². The zero-order valence-electron chi connectivity index (χ0n) is 7.07. The molecule has 0 fully saturated rings. The first-order chi connectivity index (χ1) is 6.79. The SMILES string of the molecule is O=[N+]([O-])c1cnnn1-c1ccccc1. The molecule has 0 amide bonds. The van der Waals surface area contributed by atoms with E-state index in [1.54, 1.807) is 24.3 Å². The average Bonchev–Trinajstić information content (AvgIpc) is 2.67. The van der Waals surface area contributed by atoms with Gasteiger partial charge in [-0.25, -0.2) is 0 Å². The first kappa shape index (κ1) is 8.36. The van der Waals surface area contributed by atoms with Gasteiger partial charge in [-0.3, -0.25) is 0 Å². The lowest BCUT2D eigenvalue weighted by Gasteiger charge is -1.95. The predicted molar refractivity (Wildman–Crippen MR) is 48.0 cm³/mol. The third-order valence-corrected chi connectivity index (χ3v) is 1.72. The van der Waals surface area contributed by atoms with Gasteiger partial charge in [-0.1, -0.05) is 22.9 Å². The summed E-state index contributed by atoms with van der Waals surface area (Å²) in [5.41, 5.74) is 0.622. The third-order valence-electron chi connectivity index (χ3n) is 1.72. The van der Waals surface area contributed by atoms with Gasteiger partial charge in [0.05, 0.1) is 0 Å². The molecule has 1 heterocycles. The van der Waals surface area contributed by atoms with E-state index in [1.165, 1.54) is 4.68 Å². The van der Waals surface area contributed by atoms with E-state index in [-0.39, 0.29) is 5.82 Å². The summed E-state index contributed by atoms with van der Waals surface area (Å²) in [6.07, 6.45) is 1.12. The van der Waals surface area contributed by atoms with E-state index in [2.05, 4.69) is 10.3 Å². The van der Waals surface area contributed by atoms with Gasteiger partial charge in [0, 0.05) is 5.21 Å². The Morgan fingerprint density at radius 1 is 1.29 bits per heavy atom. The van der Waals surface area contributed by atoms with Crippen molar-refractivity contribution in [1.82, 2.24) is 15.0 Å². The molecule has 0 unspecified atom stereocenters. The molecule has 1 aromatic carbocycles. The Hall–Kier alpha value is -2.24. The predicted octanol–water partition coefficient (Wildman–Crippen LogP) is 1.18. The lowest BCUT2D eigenvalue weighted by molar-refractivity contribution is -0.391. The normalized spacial score (nSPS) is 10.0. The zero-order valence-corrected chi connectivity index (χ0v) is 7.07. The molecule has 0 atom stereocenters. The van der Waals surface area contributed by atoms with Crippen LogP contribution in [0.1, 0.15) is 0 Å². The van der Waals surface area contributed by atoms with Crippen molar-refractivity contribution in [2.45, 2.75) is 0 Å². The van der Waals surface area contributed by atoms with Gasteiger partial charge in [0.2, 0.25) is 0 Å². The minimum absolute atomic E-state index is 0.142. The van der Waals surface area contributed by atoms with E-state index < -0.39 is 4.92 Å². The second kappa shape index (κ2) is 3.25. The number of rotatable bonds is 2. The molecular weight excluding hydrogens is 184 g/mol. The van der Waals surface area contributed by atoms with E-state index in [0.717, 1.165) is 6.20 Å². The molecule has 0 saturated carbocycles. The molecule has 2 rings (SSSR count). The quantitative estimate of drug-likeness (QED) is 0.526. The van der Waals surface area contributed by atoms with E-state index in [9.17, 15) is 10.1 Å². The molecule has 0 aliphatic rings. The van der Waals surface area contributed by atoms with Gasteiger partial charge in [-0.15, -0.1) is 5.10 Å². The molecule has 70 valence electrons. The number of nitrogens with zero attached hydrogens (tertiary/aromatic N) is 4. The van der Waals surface area contributed by atoms with Gasteiger partial charge in [-0.2, -0.15) is 0 Å². The first-order valence-corrected chi connectivity index (χ1v) is 3.89. The molecule has 6 heteroatoms. The molecule has 1 aromatic heterocycles. The second-order valence-electron chi connectivity index (χ2n) is 2.60. The molecule has 2 aromatic rings. The fraction of sp³-hybridized carbons (Fsp3) is 0. The smallest absolute Gasteiger partial charge is 0.358 e. The van der Waals surface area contributed by atoms with Crippen LogP contribution in [0.3, 0.4) is 0 Å². The van der Waals surface area contributed by atoms with Gasteiger partial charge in [0.15, 0.2) is 5.69 Å². The van der Waals surface area contributed by atoms with Crippen LogP contribution in [0.5, 0.6) is 0 Å². The van der Waals surface area contributed by atoms with Crippen molar-refractivity contribution in [2.24, 2.45) is 0 Å². The van der Waals surface area contributed by atoms with Crippen molar-refractivity contribution in [3.63, 3.8) is 0 Å². The number of para-hydroxylation sites is 1. The van der Waals surface area contributed by atoms with Crippen LogP contribution in [0.25, 0.3) is 5.69 Å². The topological polar surface area (TPSA) is 73.8 Å². The minimum atomic E-state index is -0.521. The van der Waals surface area contributed by atoms with Gasteiger partial charge >= 0.3 is 5.82 Å². The summed E-state index contributed by atoms with van der Waals surface area (Å²) in [6, 6.07) is 8.83. The van der Waals surface area contributed by atoms with Crippen LogP contribution in [0.2, 0.25) is 0 Å². The maximum atomic E-state index is 10.6. The molecule has 6 nitrogen and oxygen atoms in total. The number of nitro groups is 1. The maximum absolute atomic E-state index is 10.6. The maximum Gasteiger partial charge on any atom is 0.370 e. The standard InChI is InChI=1S/C8H6N4O2/c13-12(14)8-6-9-10-11(8)7-4-2-1-3-5-7/h1-6H. The largest absolute Gasteiger partial charge is 0.370 e. The molecule has 0 aliphatic carbocycles. The molecule has 0 bridgehead atoms. The highest BCUT2D eigenvalue weighted by Crippen LogP contribution is 2.14. The highest BCUT2D eigenvalue weighted by molar-refractivity contribution is 5.35. The number of hydrogen-bond donors (Lipinski definition) is 0. The highest BCUT2D eigenvalue weighted by Gasteiger charge is 2.16. The monoisotopic (exact) mass is 190 g/mol. The summed E-state index contributed by atoms with van der Waals surface area (Å²) in [5.74, 6) is -0.142. The average molecular weight is 190 g/mol. The molecule has 0 aliphatic heterocycles. The highest BCUT2D eigenvalue weighted by atomic mass is 16.6. The summed E-state index contributed by atoms with van der Waals surface area (Å²) < 4.78 is 1.18. The van der Waals surface area contributed by atoms with E-state index in [1.807, 2.05) is 6.07 Å². The fourth-order valence-corrected chi connectivity index (χ4v) is 1.11. The molecule has 14 heavy (non-hydrogen) atoms. The number of hydrogen-bond acceptors (Lipinski definition) is 4. The van der Waals surface area contributed by atoms with Gasteiger partial charge in [0.25, 0.3) is 0 Å². The summed E-state index contributed by atoms with van der Waals surface area (Å²) in [6.45, 7) is 0. The number of aromatic nitrogens is 3. The Balaban J connectivity index is 2.52. The Bertz CT molecular complexity index is 451. The molecule has 0 spiro atoms. The van der Waals surface area contributed by atoms with Crippen LogP contribution in [0.4, 0.5) is 5.82 Å². The number of benzene rings is 1. The van der Waals surface area contributed by atoms with Crippen molar-refractivity contribution >= 4 is 5.82 Å². The Morgan fingerprint density at radius 2 is 2.00 bits per heavy atom. The van der Waals surface area contributed by atoms with Crippen molar-refractivity contribution in [2.75, 3.05) is 0 Å². The van der Waals surface area contributed by atoms with Crippen LogP contribution in [-0.2, 0) is 0 Å². The first-order valence-electron chi connectivity index (χ1n) is 3.89. The van der Waals surface area contributed by atoms with Crippen molar-refractivity contribution in [3.8, 4) is 5.69 Å². The third kappa shape index (κ3) is 1.33. The second-order valence-corrected chi connectivity index (χ2v) is 2.60. The van der Waals surface area contributed by atoms with Gasteiger partial charge in [-0.05, 0) is 17.1 Å². The lowest BCUT2D eigenvalue weighted by atomic mass is 10.3. The Labute approximate surface area is 78.9 Å². The Kier molecular flexibility index (Phi) is 1.94. The molecule has 0 radical (unpaired) electrons. The van der Waals surface area contributed by atoms with E-state index in [4.69, 9.17) is 0 Å². The molecular formula is C8H6N4O2. The van der Waals surface area contributed by atoms with Crippen LogP contribution in [-0.4, -0.2) is 19.9 Å². The fourth-order valence-electron chi connectivity index (χ4n) is 1.11. The van der Waals surface area contributed by atoms with Crippen LogP contribution < -0.4 is 0 Å². The van der Waals surface area contributed by atoms with E-state index >= 15 is 0 Å². The lowest BCUT2D eigenvalue weighted by Crippen LogP contribution is -2.01. The van der Waals surface area contributed by atoms with Crippen LogP contribution >= 0.6 is 0 Å². The summed E-state index contributed by atoms with van der Waals surface area (Å²) in [5, 5.41) is 17.7. The molecule has 0 N–H and O–H groups in total. The summed E-state index contributed by atoms with van der Waals surface area (Å²) >= 11 is 0. The van der Waals surface area contributed by atoms with Gasteiger partial charge in [0.1, 0.15) is 6.20 Å². The zero-order chi connectivity index (χ0) is 9.97. The van der Waals surface area contributed by atoms with Crippen molar-refractivity contribution < 1.29 is 4.92 Å². The van der Waals surface area contributed by atoms with Gasteiger partial charge < -0.3 is 10.1 Å². The minimum Gasteiger partial charge on any atom is -0.358 e. The Morgan fingerprint density at radius 3 is 2.64 bits per heavy atom. The molecule has 0 saturated heterocycles. The van der Waals surface area contributed by atoms with E-state index in [0.29, 0.717) is 5.69 Å². The van der Waals surface area contributed by atoms with Crippen molar-refractivity contribution in [3.05, 3.63) is 46.6 Å².